The summed E-state index contributed by atoms with van der Waals surface area (Å²) in [4.78, 5) is 16.7. The van der Waals surface area contributed by atoms with E-state index in [-0.39, 0.29) is 29.5 Å². The highest BCUT2D eigenvalue weighted by Crippen LogP contribution is 2.40. The topological polar surface area (TPSA) is 77.4 Å². The zero-order valence-corrected chi connectivity index (χ0v) is 19.2. The lowest BCUT2D eigenvalue weighted by Crippen LogP contribution is -2.20. The fourth-order valence-corrected chi connectivity index (χ4v) is 3.30. The average Bonchev–Trinajstić information content (AvgIpc) is 2.75. The third-order valence-corrected chi connectivity index (χ3v) is 4.80. The van der Waals surface area contributed by atoms with Crippen LogP contribution in [0.4, 0.5) is 0 Å². The van der Waals surface area contributed by atoms with Crippen molar-refractivity contribution in [3.63, 3.8) is 0 Å². The van der Waals surface area contributed by atoms with Crippen LogP contribution >= 0.6 is 11.6 Å². The van der Waals surface area contributed by atoms with Gasteiger partial charge in [0.25, 0.3) is 0 Å². The third-order valence-electron chi connectivity index (χ3n) is 4.39. The quantitative estimate of drug-likeness (QED) is 0.381. The molecule has 0 saturated carbocycles. The Morgan fingerprint density at radius 2 is 1.97 bits per heavy atom. The molecule has 0 amide bonds. The summed E-state index contributed by atoms with van der Waals surface area (Å²) in [5.41, 5.74) is 1.08. The maximum Gasteiger partial charge on any atom is 0.168 e. The molecule has 1 aromatic carbocycles. The van der Waals surface area contributed by atoms with E-state index in [1.807, 2.05) is 39.0 Å². The van der Waals surface area contributed by atoms with Gasteiger partial charge < -0.3 is 19.3 Å². The monoisotopic (exact) mass is 439 g/mol. The lowest BCUT2D eigenvalue weighted by molar-refractivity contribution is -0.116. The summed E-state index contributed by atoms with van der Waals surface area (Å²) in [6.07, 6.45) is 2.93. The highest BCUT2D eigenvalue weighted by Gasteiger charge is 2.29. The first kappa shape index (κ1) is 26.1. The Morgan fingerprint density at radius 1 is 1.20 bits per heavy atom. The average molecular weight is 440 g/mol. The van der Waals surface area contributed by atoms with Crippen molar-refractivity contribution in [2.24, 2.45) is 4.99 Å². The molecule has 1 aliphatic carbocycles. The molecular weight excluding hydrogens is 406 g/mol. The van der Waals surface area contributed by atoms with Crippen LogP contribution in [-0.2, 0) is 14.3 Å². The molecule has 0 aromatic heterocycles. The summed E-state index contributed by atoms with van der Waals surface area (Å²) in [5.74, 6) is 0.326. The van der Waals surface area contributed by atoms with Gasteiger partial charge in [-0.15, -0.1) is 0 Å². The minimum absolute atomic E-state index is 0.0428. The van der Waals surface area contributed by atoms with Crippen LogP contribution in [-0.4, -0.2) is 57.2 Å². The number of rotatable bonds is 11. The van der Waals surface area contributed by atoms with Crippen LogP contribution in [0.25, 0.3) is 0 Å². The van der Waals surface area contributed by atoms with Gasteiger partial charge in [0, 0.05) is 26.2 Å². The molecule has 1 atom stereocenters. The number of aliphatic imine (C=N–C) groups is 1. The standard InChI is InChI=1S/C21H28ClNO5.C2H6/c1-3-8-28-20-6-4-5-16(21(20)22)15-12-18(24)17(19(25)13-15)14-23-7-9-27-11-10-26-2;1-2/h4-6,14-15,24H,3,7-13H2,1-2H3;1-2H3. The molecule has 30 heavy (non-hydrogen) atoms. The number of Topliss-reactive ketones (excluding diaryl/α,β-unsaturated/α-hetero) is 1. The number of nitrogens with zero attached hydrogens (tertiary/aromatic N) is 1. The Bertz CT molecular complexity index is 718. The van der Waals surface area contributed by atoms with Gasteiger partial charge in [0.05, 0.1) is 43.6 Å². The molecule has 1 aliphatic rings. The highest BCUT2D eigenvalue weighted by atomic mass is 35.5. The predicted octanol–water partition coefficient (Wildman–Crippen LogP) is 5.15. The molecule has 0 saturated heterocycles. The number of carbonyl (C=O) groups excluding carboxylic acids is 1. The second-order valence-corrected chi connectivity index (χ2v) is 6.91. The van der Waals surface area contributed by atoms with Crippen LogP contribution in [0.1, 0.15) is 51.5 Å². The van der Waals surface area contributed by atoms with Crippen LogP contribution in [0.3, 0.4) is 0 Å². The number of halogens is 1. The lowest BCUT2D eigenvalue weighted by Gasteiger charge is -2.24. The summed E-state index contributed by atoms with van der Waals surface area (Å²) in [7, 11) is 1.61. The van der Waals surface area contributed by atoms with Gasteiger partial charge in [0.1, 0.15) is 11.5 Å². The first-order valence-electron chi connectivity index (χ1n) is 10.5. The molecule has 7 heteroatoms. The summed E-state index contributed by atoms with van der Waals surface area (Å²) in [6, 6.07) is 5.55. The highest BCUT2D eigenvalue weighted by molar-refractivity contribution is 6.33. The molecular formula is C23H34ClNO5. The summed E-state index contributed by atoms with van der Waals surface area (Å²) < 4.78 is 15.9. The van der Waals surface area contributed by atoms with Gasteiger partial charge in [-0.05, 0) is 24.0 Å². The van der Waals surface area contributed by atoms with Gasteiger partial charge in [-0.1, -0.05) is 44.5 Å². The van der Waals surface area contributed by atoms with Crippen molar-refractivity contribution < 1.29 is 24.1 Å². The molecule has 0 bridgehead atoms. The second kappa shape index (κ2) is 15.0. The van der Waals surface area contributed by atoms with E-state index >= 15 is 0 Å². The van der Waals surface area contributed by atoms with Crippen molar-refractivity contribution in [2.45, 2.75) is 46.0 Å². The largest absolute Gasteiger partial charge is 0.511 e. The van der Waals surface area contributed by atoms with Gasteiger partial charge in [-0.3, -0.25) is 9.79 Å². The van der Waals surface area contributed by atoms with Crippen LogP contribution in [0, 0.1) is 0 Å². The van der Waals surface area contributed by atoms with Gasteiger partial charge in [0.15, 0.2) is 5.78 Å². The van der Waals surface area contributed by atoms with Gasteiger partial charge in [-0.25, -0.2) is 0 Å². The summed E-state index contributed by atoms with van der Waals surface area (Å²) in [5, 5.41) is 10.9. The maximum absolute atomic E-state index is 12.5. The first-order valence-corrected chi connectivity index (χ1v) is 10.9. The number of ether oxygens (including phenoxy) is 3. The van der Waals surface area contributed by atoms with E-state index in [2.05, 4.69) is 4.99 Å². The van der Waals surface area contributed by atoms with E-state index in [4.69, 9.17) is 25.8 Å². The maximum atomic E-state index is 12.5. The lowest BCUT2D eigenvalue weighted by atomic mass is 9.83. The van der Waals surface area contributed by atoms with Crippen LogP contribution in [0.15, 0.2) is 34.5 Å². The number of hydrogen-bond donors (Lipinski definition) is 1. The van der Waals surface area contributed by atoms with Gasteiger partial charge in [-0.2, -0.15) is 0 Å². The molecule has 2 rings (SSSR count). The molecule has 0 aliphatic heterocycles. The zero-order valence-electron chi connectivity index (χ0n) is 18.4. The Kier molecular flexibility index (Phi) is 13.1. The van der Waals surface area contributed by atoms with Crippen molar-refractivity contribution in [3.8, 4) is 5.75 Å². The number of methoxy groups -OCH3 is 1. The number of aliphatic hydroxyl groups is 1. The zero-order chi connectivity index (χ0) is 22.4. The van der Waals surface area contributed by atoms with Crippen LogP contribution in [0.5, 0.6) is 5.75 Å². The van der Waals surface area contributed by atoms with E-state index in [9.17, 15) is 9.90 Å². The molecule has 1 N–H and O–H groups in total. The minimum Gasteiger partial charge on any atom is -0.511 e. The number of ketones is 1. The third kappa shape index (κ3) is 8.09. The fraction of sp³-hybridized carbons (Fsp3) is 0.565. The normalized spacial score (nSPS) is 16.6. The van der Waals surface area contributed by atoms with E-state index in [0.29, 0.717) is 50.2 Å². The smallest absolute Gasteiger partial charge is 0.168 e. The predicted molar refractivity (Wildman–Crippen MR) is 121 cm³/mol. The minimum atomic E-state index is -0.181. The molecule has 0 fully saturated rings. The number of allylic oxidation sites excluding steroid dienone is 2. The van der Waals surface area contributed by atoms with Crippen LogP contribution < -0.4 is 4.74 Å². The second-order valence-electron chi connectivity index (χ2n) is 6.54. The molecule has 0 radical (unpaired) electrons. The number of aliphatic hydroxyl groups excluding tert-OH is 1. The molecule has 168 valence electrons. The summed E-state index contributed by atoms with van der Waals surface area (Å²) >= 11 is 6.48. The SMILES string of the molecule is CC.CCCOc1cccc(C2CC(=O)C(C=NCCOCCOC)=C(O)C2)c1Cl. The number of hydrogen-bond acceptors (Lipinski definition) is 6. The Hall–Kier alpha value is -1.89. The van der Waals surface area contributed by atoms with Crippen molar-refractivity contribution >= 4 is 23.6 Å². The van der Waals surface area contributed by atoms with E-state index in [1.165, 1.54) is 6.21 Å². The van der Waals surface area contributed by atoms with Crippen molar-refractivity contribution in [2.75, 3.05) is 40.1 Å². The number of carbonyl (C=O) groups is 1. The van der Waals surface area contributed by atoms with Crippen LogP contribution in [0.2, 0.25) is 5.02 Å². The number of benzene rings is 1. The van der Waals surface area contributed by atoms with Crippen molar-refractivity contribution in [1.29, 1.82) is 0 Å². The van der Waals surface area contributed by atoms with E-state index in [1.54, 1.807) is 7.11 Å². The molecule has 6 nitrogen and oxygen atoms in total. The van der Waals surface area contributed by atoms with Gasteiger partial charge >= 0.3 is 0 Å². The molecule has 0 heterocycles. The van der Waals surface area contributed by atoms with Crippen molar-refractivity contribution in [1.82, 2.24) is 0 Å². The molecule has 0 spiro atoms. The molecule has 1 aromatic rings. The fourth-order valence-electron chi connectivity index (χ4n) is 2.96. The summed E-state index contributed by atoms with van der Waals surface area (Å²) in [6.45, 7) is 8.48. The van der Waals surface area contributed by atoms with E-state index in [0.717, 1.165) is 12.0 Å². The van der Waals surface area contributed by atoms with Crippen molar-refractivity contribution in [3.05, 3.63) is 40.1 Å². The van der Waals surface area contributed by atoms with E-state index < -0.39 is 0 Å². The molecule has 1 unspecified atom stereocenters. The Balaban J connectivity index is 0.00000218. The Labute approximate surface area is 184 Å². The first-order chi connectivity index (χ1) is 14.6. The van der Waals surface area contributed by atoms with Gasteiger partial charge in [0.2, 0.25) is 0 Å². The Morgan fingerprint density at radius 3 is 2.63 bits per heavy atom.